The summed E-state index contributed by atoms with van der Waals surface area (Å²) < 4.78 is 6.90. The fourth-order valence-electron chi connectivity index (χ4n) is 4.93. The predicted octanol–water partition coefficient (Wildman–Crippen LogP) is 1.24. The topological polar surface area (TPSA) is 177 Å². The fourth-order valence-corrected chi connectivity index (χ4v) is 8.83. The number of thiazole rings is 1. The molecule has 2 atom stereocenters. The second-order valence-corrected chi connectivity index (χ2v) is 13.3. The van der Waals surface area contributed by atoms with Crippen LogP contribution in [0.4, 0.5) is 5.13 Å². The van der Waals surface area contributed by atoms with Crippen molar-refractivity contribution in [2.75, 3.05) is 18.6 Å². The standard InChI is InChI=1S/C24H22N8O5S4/c1-37-29-15(18-28-23(25)41-30-18)19(33)27-16-20(34)32-17(22(35)36)14(10-38-21(16)32)40-24-26-12(9-39-24)8-31-7-3-5-11-4-2-6-13(11)31/h3,5,7,9,16,21H,2,4,6,8,10H2,1H3,(H3-,25,27,28,30,33,35,36)/p+1/b29-15-/t16-,21-/m1/s1. The molecule has 1 saturated heterocycles. The van der Waals surface area contributed by atoms with Gasteiger partial charge in [-0.1, -0.05) is 16.9 Å². The number of nitrogen functional groups attached to an aromatic ring is 1. The number of nitrogens with zero attached hydrogens (tertiary/aromatic N) is 6. The Balaban J connectivity index is 1.16. The predicted molar refractivity (Wildman–Crippen MR) is 153 cm³/mol. The molecule has 13 nitrogen and oxygen atoms in total. The molecule has 2 amide bonds. The molecule has 1 aliphatic carbocycles. The minimum atomic E-state index is -1.22. The van der Waals surface area contributed by atoms with Gasteiger partial charge in [0.2, 0.25) is 11.5 Å². The lowest BCUT2D eigenvalue weighted by Crippen LogP contribution is -2.71. The number of aromatic nitrogens is 4. The zero-order valence-electron chi connectivity index (χ0n) is 21.5. The van der Waals surface area contributed by atoms with Crippen LogP contribution in [0.15, 0.2) is 43.8 Å². The molecule has 5 heterocycles. The van der Waals surface area contributed by atoms with Crippen LogP contribution in [0.5, 0.6) is 0 Å². The van der Waals surface area contributed by atoms with Gasteiger partial charge in [0.15, 0.2) is 27.9 Å². The lowest BCUT2D eigenvalue weighted by atomic mass is 10.0. The molecular weight excluding hydrogens is 609 g/mol. The van der Waals surface area contributed by atoms with Gasteiger partial charge in [0.25, 0.3) is 11.8 Å². The Morgan fingerprint density at radius 2 is 2.22 bits per heavy atom. The number of nitrogens with one attached hydrogen (secondary N) is 1. The average Bonchev–Trinajstić information content (AvgIpc) is 3.71. The molecule has 0 aromatic carbocycles. The number of rotatable bonds is 9. The number of nitrogens with two attached hydrogens (primary N) is 1. The lowest BCUT2D eigenvalue weighted by molar-refractivity contribution is -0.695. The van der Waals surface area contributed by atoms with Crippen molar-refractivity contribution in [3.05, 3.63) is 57.1 Å². The number of fused-ring (bicyclic) bond motifs is 2. The Morgan fingerprint density at radius 1 is 1.37 bits per heavy atom. The van der Waals surface area contributed by atoms with E-state index in [0.717, 1.165) is 36.5 Å². The second kappa shape index (κ2) is 11.4. The summed E-state index contributed by atoms with van der Waals surface area (Å²) in [4.78, 5) is 53.5. The van der Waals surface area contributed by atoms with Gasteiger partial charge in [-0.15, -0.1) is 23.1 Å². The van der Waals surface area contributed by atoms with Crippen LogP contribution in [0.25, 0.3) is 0 Å². The summed E-state index contributed by atoms with van der Waals surface area (Å²) >= 11 is 4.95. The molecule has 3 aliphatic rings. The highest BCUT2D eigenvalue weighted by atomic mass is 32.2. The summed E-state index contributed by atoms with van der Waals surface area (Å²) in [5.41, 5.74) is 8.89. The van der Waals surface area contributed by atoms with Crippen LogP contribution >= 0.6 is 46.4 Å². The van der Waals surface area contributed by atoms with Crippen LogP contribution in [0, 0.1) is 0 Å². The maximum atomic E-state index is 13.1. The number of hydrogen-bond acceptors (Lipinski definition) is 13. The molecule has 41 heavy (non-hydrogen) atoms. The Hall–Kier alpha value is -3.54. The first-order chi connectivity index (χ1) is 19.8. The highest BCUT2D eigenvalue weighted by Crippen LogP contribution is 2.45. The molecule has 0 bridgehead atoms. The first kappa shape index (κ1) is 27.6. The van der Waals surface area contributed by atoms with Gasteiger partial charge in [0.1, 0.15) is 29.9 Å². The van der Waals surface area contributed by atoms with Crippen LogP contribution in [-0.2, 0) is 38.6 Å². The number of oxime groups is 1. The van der Waals surface area contributed by atoms with Gasteiger partial charge in [-0.3, -0.25) is 14.5 Å². The minimum Gasteiger partial charge on any atom is -0.477 e. The Morgan fingerprint density at radius 3 is 2.98 bits per heavy atom. The minimum absolute atomic E-state index is 0.0329. The molecule has 2 aliphatic heterocycles. The van der Waals surface area contributed by atoms with E-state index >= 15 is 0 Å². The van der Waals surface area contributed by atoms with E-state index in [0.29, 0.717) is 21.5 Å². The van der Waals surface area contributed by atoms with Gasteiger partial charge in [0, 0.05) is 45.6 Å². The second-order valence-electron chi connectivity index (χ2n) is 9.18. The van der Waals surface area contributed by atoms with Crippen molar-refractivity contribution >= 4 is 75.0 Å². The third-order valence-corrected chi connectivity index (χ3v) is 10.8. The summed E-state index contributed by atoms with van der Waals surface area (Å²) in [6, 6.07) is 3.27. The summed E-state index contributed by atoms with van der Waals surface area (Å²) in [6.07, 6.45) is 5.37. The maximum absolute atomic E-state index is 13.1. The van der Waals surface area contributed by atoms with E-state index in [1.165, 1.54) is 58.1 Å². The van der Waals surface area contributed by atoms with Crippen LogP contribution in [0.3, 0.4) is 0 Å². The number of β-lactam (4-membered cyclic amide) rings is 1. The summed E-state index contributed by atoms with van der Waals surface area (Å²) in [5.74, 6) is -2.18. The molecule has 6 rings (SSSR count). The molecule has 0 unspecified atom stereocenters. The number of carboxylic acids is 1. The number of anilines is 1. The van der Waals surface area contributed by atoms with Gasteiger partial charge in [-0.25, -0.2) is 9.78 Å². The first-order valence-corrected chi connectivity index (χ1v) is 15.9. The molecule has 212 valence electrons. The quantitative estimate of drug-likeness (QED) is 0.134. The number of carbonyl (C=O) groups excluding carboxylic acids is 2. The number of carboxylic acid groups (broad SMARTS) is 1. The third-order valence-electron chi connectivity index (χ3n) is 6.69. The van der Waals surface area contributed by atoms with Gasteiger partial charge in [-0.2, -0.15) is 13.9 Å². The van der Waals surface area contributed by atoms with Crippen molar-refractivity contribution in [3.63, 3.8) is 0 Å². The van der Waals surface area contributed by atoms with Crippen molar-refractivity contribution in [2.45, 2.75) is 41.6 Å². The Kier molecular flexibility index (Phi) is 7.67. The number of aliphatic carboxylic acids is 1. The van der Waals surface area contributed by atoms with E-state index in [-0.39, 0.29) is 22.4 Å². The van der Waals surface area contributed by atoms with Gasteiger partial charge in [-0.05, 0) is 18.9 Å². The van der Waals surface area contributed by atoms with Gasteiger partial charge in [0.05, 0.1) is 0 Å². The SMILES string of the molecule is CO/N=C(\C(=O)N[C@@H]1C(=O)N2C(C(=O)O)=C(Sc3nc(C[n+]4cccc5c4CCC5)cs3)CS[C@H]12)c1nsc(N)n1. The fraction of sp³-hybridized carbons (Fsp3) is 0.333. The van der Waals surface area contributed by atoms with Crippen LogP contribution in [0.2, 0.25) is 0 Å². The maximum Gasteiger partial charge on any atom is 0.353 e. The summed E-state index contributed by atoms with van der Waals surface area (Å²) in [6.45, 7) is 0.644. The van der Waals surface area contributed by atoms with Crippen molar-refractivity contribution in [3.8, 4) is 0 Å². The van der Waals surface area contributed by atoms with Crippen molar-refractivity contribution < 1.29 is 28.9 Å². The molecule has 1 fully saturated rings. The summed E-state index contributed by atoms with van der Waals surface area (Å²) in [7, 11) is 1.26. The normalized spacial score (nSPS) is 20.0. The van der Waals surface area contributed by atoms with E-state index in [1.54, 1.807) is 0 Å². The average molecular weight is 632 g/mol. The lowest BCUT2D eigenvalue weighted by Gasteiger charge is -2.49. The first-order valence-electron chi connectivity index (χ1n) is 12.4. The van der Waals surface area contributed by atoms with Crippen LogP contribution in [-0.4, -0.2) is 72.1 Å². The van der Waals surface area contributed by atoms with Crippen LogP contribution in [0.1, 0.15) is 29.2 Å². The largest absolute Gasteiger partial charge is 0.477 e. The number of amides is 2. The van der Waals surface area contributed by atoms with Crippen molar-refractivity contribution in [1.29, 1.82) is 0 Å². The molecule has 3 aromatic rings. The number of pyridine rings is 1. The number of thioether (sulfide) groups is 2. The molecular formula is C24H23N8O5S4+. The Labute approximate surface area is 250 Å². The third kappa shape index (κ3) is 5.29. The monoisotopic (exact) mass is 631 g/mol. The van der Waals surface area contributed by atoms with E-state index in [2.05, 4.69) is 42.7 Å². The molecule has 0 radical (unpaired) electrons. The van der Waals surface area contributed by atoms with Crippen molar-refractivity contribution in [1.82, 2.24) is 24.6 Å². The molecule has 3 aromatic heterocycles. The van der Waals surface area contributed by atoms with Gasteiger partial charge < -0.3 is 21.0 Å². The molecule has 4 N–H and O–H groups in total. The zero-order chi connectivity index (χ0) is 28.7. The van der Waals surface area contributed by atoms with E-state index in [9.17, 15) is 19.5 Å². The van der Waals surface area contributed by atoms with Gasteiger partial charge >= 0.3 is 5.97 Å². The number of aryl methyl sites for hydroxylation is 1. The zero-order valence-corrected chi connectivity index (χ0v) is 24.7. The van der Waals surface area contributed by atoms with E-state index in [4.69, 9.17) is 15.6 Å². The van der Waals surface area contributed by atoms with E-state index in [1.807, 2.05) is 5.38 Å². The molecule has 17 heteroatoms. The number of carbonyl (C=O) groups is 3. The highest BCUT2D eigenvalue weighted by Gasteiger charge is 2.54. The van der Waals surface area contributed by atoms with E-state index < -0.39 is 29.2 Å². The molecule has 0 spiro atoms. The number of hydrogen-bond donors (Lipinski definition) is 3. The van der Waals surface area contributed by atoms with Crippen LogP contribution < -0.4 is 15.6 Å². The Bertz CT molecular complexity index is 1620. The smallest absolute Gasteiger partial charge is 0.353 e. The summed E-state index contributed by atoms with van der Waals surface area (Å²) in [5, 5.41) is 17.9. The highest BCUT2D eigenvalue weighted by molar-refractivity contribution is 8.07. The molecule has 0 saturated carbocycles. The van der Waals surface area contributed by atoms with Crippen molar-refractivity contribution in [2.24, 2.45) is 5.16 Å².